The van der Waals surface area contributed by atoms with Crippen LogP contribution in [0.1, 0.15) is 57.9 Å². The number of carbonyl (C=O) groups is 1. The van der Waals surface area contributed by atoms with Crippen LogP contribution in [0.4, 0.5) is 5.69 Å². The van der Waals surface area contributed by atoms with Crippen molar-refractivity contribution in [2.45, 2.75) is 64.8 Å². The number of aliphatic imine (C=N–C) groups is 1. The maximum Gasteiger partial charge on any atom is 0.308 e. The Balaban J connectivity index is 1.71. The third-order valence-corrected chi connectivity index (χ3v) is 5.32. The second-order valence-corrected chi connectivity index (χ2v) is 7.59. The van der Waals surface area contributed by atoms with Crippen molar-refractivity contribution >= 4 is 17.6 Å². The van der Waals surface area contributed by atoms with Gasteiger partial charge in [-0.3, -0.25) is 19.9 Å². The molecule has 0 atom stereocenters. The van der Waals surface area contributed by atoms with Crippen molar-refractivity contribution < 1.29 is 14.5 Å². The van der Waals surface area contributed by atoms with E-state index in [1.807, 2.05) is 26.0 Å². The fraction of sp³-hybridized carbons (Fsp3) is 0.636. The molecule has 0 radical (unpaired) electrons. The highest BCUT2D eigenvalue weighted by Gasteiger charge is 2.27. The van der Waals surface area contributed by atoms with Crippen LogP contribution < -0.4 is 10.6 Å². The number of nitro benzene ring substituents is 1. The first-order valence-electron chi connectivity index (χ1n) is 11.0. The zero-order valence-electron chi connectivity index (χ0n) is 18.1. The minimum absolute atomic E-state index is 0.0296. The summed E-state index contributed by atoms with van der Waals surface area (Å²) in [4.78, 5) is 26.9. The van der Waals surface area contributed by atoms with E-state index in [4.69, 9.17) is 4.74 Å². The molecule has 8 heteroatoms. The standard InChI is InChI=1S/C22H34N4O4/c1-3-23-22(25-19-12-10-18(11-13-19)21(27)30-4-2)24-16-6-5-7-17-8-14-20(15-9-17)26(28)29/h8-9,14-15,18-19H,3-7,10-13,16H2,1-2H3,(H2,23,24,25). The van der Waals surface area contributed by atoms with Gasteiger partial charge in [0, 0.05) is 31.3 Å². The van der Waals surface area contributed by atoms with E-state index in [9.17, 15) is 14.9 Å². The zero-order valence-corrected chi connectivity index (χ0v) is 18.1. The number of nitrogens with zero attached hydrogens (tertiary/aromatic N) is 2. The van der Waals surface area contributed by atoms with Crippen LogP contribution in [-0.4, -0.2) is 42.6 Å². The van der Waals surface area contributed by atoms with Crippen LogP contribution in [0, 0.1) is 16.0 Å². The lowest BCUT2D eigenvalue weighted by molar-refractivity contribution is -0.384. The van der Waals surface area contributed by atoms with E-state index in [2.05, 4.69) is 15.6 Å². The number of hydrogen-bond acceptors (Lipinski definition) is 5. The average molecular weight is 419 g/mol. The number of hydrogen-bond donors (Lipinski definition) is 2. The van der Waals surface area contributed by atoms with Crippen LogP contribution in [0.15, 0.2) is 29.3 Å². The normalized spacial score (nSPS) is 19.2. The Morgan fingerprint density at radius 2 is 1.87 bits per heavy atom. The van der Waals surface area contributed by atoms with E-state index < -0.39 is 0 Å². The minimum atomic E-state index is -0.378. The van der Waals surface area contributed by atoms with E-state index >= 15 is 0 Å². The maximum absolute atomic E-state index is 11.9. The molecule has 0 bridgehead atoms. The molecule has 0 amide bonds. The molecule has 0 spiro atoms. The molecule has 1 saturated carbocycles. The molecule has 30 heavy (non-hydrogen) atoms. The first kappa shape index (κ1) is 23.6. The van der Waals surface area contributed by atoms with E-state index in [1.54, 1.807) is 12.1 Å². The van der Waals surface area contributed by atoms with Crippen LogP contribution in [0.3, 0.4) is 0 Å². The molecular weight excluding hydrogens is 384 g/mol. The molecule has 1 aromatic rings. The van der Waals surface area contributed by atoms with Gasteiger partial charge in [0.2, 0.25) is 0 Å². The lowest BCUT2D eigenvalue weighted by Gasteiger charge is -2.29. The third-order valence-electron chi connectivity index (χ3n) is 5.32. The van der Waals surface area contributed by atoms with Gasteiger partial charge in [0.05, 0.1) is 17.4 Å². The quantitative estimate of drug-likeness (QED) is 0.150. The number of nitro groups is 1. The van der Waals surface area contributed by atoms with Crippen LogP contribution in [0.5, 0.6) is 0 Å². The number of ether oxygens (including phenoxy) is 1. The van der Waals surface area contributed by atoms with Gasteiger partial charge in [-0.2, -0.15) is 0 Å². The maximum atomic E-state index is 11.9. The Hall–Kier alpha value is -2.64. The highest BCUT2D eigenvalue weighted by molar-refractivity contribution is 5.80. The zero-order chi connectivity index (χ0) is 21.8. The average Bonchev–Trinajstić information content (AvgIpc) is 2.74. The van der Waals surface area contributed by atoms with Gasteiger partial charge in [0.15, 0.2) is 5.96 Å². The van der Waals surface area contributed by atoms with Crippen molar-refractivity contribution in [1.29, 1.82) is 0 Å². The molecule has 2 rings (SSSR count). The number of non-ortho nitro benzene ring substituents is 1. The van der Waals surface area contributed by atoms with Crippen LogP contribution in [0.2, 0.25) is 0 Å². The van der Waals surface area contributed by atoms with E-state index in [1.165, 1.54) is 0 Å². The third kappa shape index (κ3) is 8.00. The number of nitrogens with one attached hydrogen (secondary N) is 2. The number of aryl methyl sites for hydroxylation is 1. The van der Waals surface area contributed by atoms with Crippen LogP contribution >= 0.6 is 0 Å². The lowest BCUT2D eigenvalue weighted by atomic mass is 9.86. The molecule has 2 N–H and O–H groups in total. The van der Waals surface area contributed by atoms with Gasteiger partial charge in [0.1, 0.15) is 0 Å². The molecule has 0 saturated heterocycles. The molecule has 0 heterocycles. The molecule has 0 aliphatic heterocycles. The Morgan fingerprint density at radius 3 is 2.47 bits per heavy atom. The van der Waals surface area contributed by atoms with Crippen molar-refractivity contribution in [3.63, 3.8) is 0 Å². The van der Waals surface area contributed by atoms with Gasteiger partial charge in [-0.15, -0.1) is 0 Å². The Labute approximate surface area is 178 Å². The lowest BCUT2D eigenvalue weighted by Crippen LogP contribution is -2.45. The van der Waals surface area contributed by atoms with Crippen molar-refractivity contribution in [2.75, 3.05) is 19.7 Å². The second-order valence-electron chi connectivity index (χ2n) is 7.59. The fourth-order valence-corrected chi connectivity index (χ4v) is 3.66. The highest BCUT2D eigenvalue weighted by atomic mass is 16.6. The number of rotatable bonds is 10. The summed E-state index contributed by atoms with van der Waals surface area (Å²) >= 11 is 0. The molecular formula is C22H34N4O4. The SMILES string of the molecule is CCNC(=NCCCCc1ccc([N+](=O)[O-])cc1)NC1CCC(C(=O)OCC)CC1. The monoisotopic (exact) mass is 418 g/mol. The van der Waals surface area contributed by atoms with Crippen molar-refractivity contribution in [1.82, 2.24) is 10.6 Å². The van der Waals surface area contributed by atoms with Crippen molar-refractivity contribution in [2.24, 2.45) is 10.9 Å². The minimum Gasteiger partial charge on any atom is -0.466 e. The summed E-state index contributed by atoms with van der Waals surface area (Å²) in [6.45, 7) is 5.85. The van der Waals surface area contributed by atoms with E-state index in [0.717, 1.165) is 69.6 Å². The van der Waals surface area contributed by atoms with Gasteiger partial charge >= 0.3 is 5.97 Å². The molecule has 1 aliphatic rings. The number of unbranched alkanes of at least 4 members (excludes halogenated alkanes) is 1. The predicted octanol–water partition coefficient (Wildman–Crippen LogP) is 3.59. The summed E-state index contributed by atoms with van der Waals surface area (Å²) in [6.07, 6.45) is 6.39. The first-order chi connectivity index (χ1) is 14.5. The van der Waals surface area contributed by atoms with Crippen LogP contribution in [0.25, 0.3) is 0 Å². The van der Waals surface area contributed by atoms with Gasteiger partial charge in [-0.25, -0.2) is 0 Å². The number of benzene rings is 1. The molecule has 1 fully saturated rings. The molecule has 1 aromatic carbocycles. The number of carbonyl (C=O) groups excluding carboxylic acids is 1. The largest absolute Gasteiger partial charge is 0.466 e. The Bertz CT molecular complexity index is 698. The topological polar surface area (TPSA) is 106 Å². The van der Waals surface area contributed by atoms with Gasteiger partial charge in [0.25, 0.3) is 5.69 Å². The molecule has 0 unspecified atom stereocenters. The van der Waals surface area contributed by atoms with Gasteiger partial charge in [-0.05, 0) is 64.4 Å². The van der Waals surface area contributed by atoms with Crippen molar-refractivity contribution in [3.8, 4) is 0 Å². The summed E-state index contributed by atoms with van der Waals surface area (Å²) in [6, 6.07) is 7.07. The fourth-order valence-electron chi connectivity index (χ4n) is 3.66. The highest BCUT2D eigenvalue weighted by Crippen LogP contribution is 2.25. The molecule has 0 aromatic heterocycles. The van der Waals surface area contributed by atoms with Crippen LogP contribution in [-0.2, 0) is 16.0 Å². The van der Waals surface area contributed by atoms with Gasteiger partial charge in [-0.1, -0.05) is 12.1 Å². The predicted molar refractivity (Wildman–Crippen MR) is 118 cm³/mol. The Morgan fingerprint density at radius 1 is 1.17 bits per heavy atom. The van der Waals surface area contributed by atoms with Gasteiger partial charge < -0.3 is 15.4 Å². The summed E-state index contributed by atoms with van der Waals surface area (Å²) in [7, 11) is 0. The summed E-state index contributed by atoms with van der Waals surface area (Å²) in [5.41, 5.74) is 1.23. The van der Waals surface area contributed by atoms with E-state index in [0.29, 0.717) is 12.6 Å². The van der Waals surface area contributed by atoms with Crippen molar-refractivity contribution in [3.05, 3.63) is 39.9 Å². The molecule has 166 valence electrons. The second kappa shape index (κ2) is 12.8. The smallest absolute Gasteiger partial charge is 0.308 e. The number of guanidine groups is 1. The Kier molecular flexibility index (Phi) is 10.1. The summed E-state index contributed by atoms with van der Waals surface area (Å²) in [5, 5.41) is 17.5. The molecule has 8 nitrogen and oxygen atoms in total. The summed E-state index contributed by atoms with van der Waals surface area (Å²) in [5.74, 6) is 0.791. The molecule has 1 aliphatic carbocycles. The summed E-state index contributed by atoms with van der Waals surface area (Å²) < 4.78 is 5.14. The number of esters is 1. The first-order valence-corrected chi connectivity index (χ1v) is 11.0. The van der Waals surface area contributed by atoms with E-state index in [-0.39, 0.29) is 22.5 Å².